The van der Waals surface area contributed by atoms with E-state index in [1.54, 1.807) is 0 Å². The number of allylic oxidation sites excluding steroid dienone is 6. The Morgan fingerprint density at radius 1 is 0.833 bits per heavy atom. The summed E-state index contributed by atoms with van der Waals surface area (Å²) in [5, 5.41) is 0. The van der Waals surface area contributed by atoms with Crippen LogP contribution in [0.3, 0.4) is 0 Å². The summed E-state index contributed by atoms with van der Waals surface area (Å²) in [6, 6.07) is 0. The lowest BCUT2D eigenvalue weighted by Crippen LogP contribution is -2.36. The fourth-order valence-corrected chi connectivity index (χ4v) is 5.03. The van der Waals surface area contributed by atoms with Crippen LogP contribution in [-0.2, 0) is 0 Å². The Bertz CT molecular complexity index is 423. The monoisotopic (exact) mass is 240 g/mol. The van der Waals surface area contributed by atoms with Crippen molar-refractivity contribution in [3.05, 3.63) is 35.5 Å². The summed E-state index contributed by atoms with van der Waals surface area (Å²) in [6.07, 6.45) is 21.3. The maximum absolute atomic E-state index is 2.60. The molecule has 0 heterocycles. The Balaban J connectivity index is 1.68. The second-order valence-corrected chi connectivity index (χ2v) is 6.72. The fourth-order valence-electron chi connectivity index (χ4n) is 5.03. The molecule has 4 aliphatic carbocycles. The zero-order valence-corrected chi connectivity index (χ0v) is 11.3. The molecule has 18 heavy (non-hydrogen) atoms. The zero-order valence-electron chi connectivity index (χ0n) is 11.3. The molecule has 4 rings (SSSR count). The first-order valence-electron chi connectivity index (χ1n) is 7.97. The minimum absolute atomic E-state index is 0.835. The van der Waals surface area contributed by atoms with E-state index in [-0.39, 0.29) is 0 Å². The normalized spacial score (nSPS) is 42.2. The van der Waals surface area contributed by atoms with Crippen molar-refractivity contribution in [3.63, 3.8) is 0 Å². The van der Waals surface area contributed by atoms with E-state index in [9.17, 15) is 0 Å². The quantitative estimate of drug-likeness (QED) is 0.521. The van der Waals surface area contributed by atoms with Gasteiger partial charge in [-0.25, -0.2) is 0 Å². The van der Waals surface area contributed by atoms with Crippen LogP contribution in [0.5, 0.6) is 0 Å². The van der Waals surface area contributed by atoms with E-state index in [0.717, 1.165) is 23.7 Å². The molecule has 0 spiro atoms. The van der Waals surface area contributed by atoms with Crippen molar-refractivity contribution in [1.29, 1.82) is 0 Å². The van der Waals surface area contributed by atoms with Crippen molar-refractivity contribution in [2.75, 3.05) is 0 Å². The predicted molar refractivity (Wildman–Crippen MR) is 76.2 cm³/mol. The minimum atomic E-state index is 0.835. The number of fused-ring (bicyclic) bond motifs is 4. The second kappa shape index (κ2) is 4.40. The highest BCUT2D eigenvalue weighted by atomic mass is 14.4. The summed E-state index contributed by atoms with van der Waals surface area (Å²) in [5.74, 6) is 3.63. The molecule has 0 radical (unpaired) electrons. The van der Waals surface area contributed by atoms with Crippen LogP contribution in [0.4, 0.5) is 0 Å². The molecule has 2 unspecified atom stereocenters. The first-order valence-corrected chi connectivity index (χ1v) is 7.97. The highest BCUT2D eigenvalue weighted by Crippen LogP contribution is 2.51. The highest BCUT2D eigenvalue weighted by molar-refractivity contribution is 5.30. The van der Waals surface area contributed by atoms with Crippen LogP contribution in [0.15, 0.2) is 35.5 Å². The summed E-state index contributed by atoms with van der Waals surface area (Å²) >= 11 is 0. The summed E-state index contributed by atoms with van der Waals surface area (Å²) in [7, 11) is 0. The summed E-state index contributed by atoms with van der Waals surface area (Å²) < 4.78 is 0. The van der Waals surface area contributed by atoms with E-state index < -0.39 is 0 Å². The molecular weight excluding hydrogens is 216 g/mol. The Hall–Kier alpha value is -0.780. The van der Waals surface area contributed by atoms with E-state index >= 15 is 0 Å². The van der Waals surface area contributed by atoms with E-state index in [2.05, 4.69) is 24.3 Å². The van der Waals surface area contributed by atoms with Gasteiger partial charge in [-0.3, -0.25) is 0 Å². The lowest BCUT2D eigenvalue weighted by Gasteiger charge is -2.46. The van der Waals surface area contributed by atoms with Crippen molar-refractivity contribution in [2.24, 2.45) is 23.7 Å². The number of rotatable bonds is 0. The van der Waals surface area contributed by atoms with E-state index in [1.165, 1.54) is 51.4 Å². The maximum Gasteiger partial charge on any atom is 0.00109 e. The van der Waals surface area contributed by atoms with E-state index in [0.29, 0.717) is 0 Å². The van der Waals surface area contributed by atoms with Crippen molar-refractivity contribution < 1.29 is 0 Å². The van der Waals surface area contributed by atoms with Gasteiger partial charge in [0.25, 0.3) is 0 Å². The van der Waals surface area contributed by atoms with Crippen molar-refractivity contribution >= 4 is 0 Å². The van der Waals surface area contributed by atoms with Crippen LogP contribution in [0.1, 0.15) is 51.4 Å². The lowest BCUT2D eigenvalue weighted by molar-refractivity contribution is 0.176. The lowest BCUT2D eigenvalue weighted by atomic mass is 9.59. The van der Waals surface area contributed by atoms with Crippen LogP contribution in [0.2, 0.25) is 0 Å². The van der Waals surface area contributed by atoms with Crippen molar-refractivity contribution in [1.82, 2.24) is 0 Å². The maximum atomic E-state index is 2.60. The molecule has 0 nitrogen and oxygen atoms in total. The van der Waals surface area contributed by atoms with E-state index in [4.69, 9.17) is 0 Å². The van der Waals surface area contributed by atoms with Gasteiger partial charge in [-0.05, 0) is 69.1 Å². The van der Waals surface area contributed by atoms with Gasteiger partial charge < -0.3 is 0 Å². The molecule has 0 aromatic carbocycles. The SMILES string of the molecule is C1=CC[C@H]2C(C=CC3C4=C(CCCC4)CC[C@H]32)C1. The standard InChI is InChI=1S/C18H24/c1-3-7-15-13(5-1)9-11-18-16-8-4-2-6-14(16)10-12-17(15)18/h1,3,9,11,13,15,17-18H,2,4-8,10,12H2/t13?,15-,17-,18?/m0/s1. The molecule has 96 valence electrons. The third-order valence-corrected chi connectivity index (χ3v) is 5.92. The Labute approximate surface area is 111 Å². The van der Waals surface area contributed by atoms with Crippen molar-refractivity contribution in [3.8, 4) is 0 Å². The molecule has 0 aromatic rings. The van der Waals surface area contributed by atoms with Gasteiger partial charge in [0.05, 0.1) is 0 Å². The Kier molecular flexibility index (Phi) is 2.71. The number of hydrogen-bond acceptors (Lipinski definition) is 0. The Morgan fingerprint density at radius 2 is 1.72 bits per heavy atom. The smallest absolute Gasteiger partial charge is 0.00109 e. The number of hydrogen-bond donors (Lipinski definition) is 0. The molecule has 0 heteroatoms. The van der Waals surface area contributed by atoms with Gasteiger partial charge in [0.15, 0.2) is 0 Å². The minimum Gasteiger partial charge on any atom is -0.0882 e. The van der Waals surface area contributed by atoms with Crippen LogP contribution >= 0.6 is 0 Å². The molecule has 4 aliphatic rings. The Morgan fingerprint density at radius 3 is 2.72 bits per heavy atom. The van der Waals surface area contributed by atoms with Gasteiger partial charge in [0, 0.05) is 5.92 Å². The third kappa shape index (κ3) is 1.65. The van der Waals surface area contributed by atoms with Crippen LogP contribution < -0.4 is 0 Å². The van der Waals surface area contributed by atoms with Gasteiger partial charge in [0.2, 0.25) is 0 Å². The van der Waals surface area contributed by atoms with Crippen molar-refractivity contribution in [2.45, 2.75) is 51.4 Å². The molecule has 0 saturated heterocycles. The van der Waals surface area contributed by atoms with Gasteiger partial charge in [-0.1, -0.05) is 35.5 Å². The molecule has 0 N–H and O–H groups in total. The van der Waals surface area contributed by atoms with Crippen LogP contribution in [0.25, 0.3) is 0 Å². The van der Waals surface area contributed by atoms with E-state index in [1.807, 2.05) is 11.1 Å². The largest absolute Gasteiger partial charge is 0.0882 e. The average Bonchev–Trinajstić information content (AvgIpc) is 2.46. The molecule has 0 aromatic heterocycles. The summed E-state index contributed by atoms with van der Waals surface area (Å²) in [5.41, 5.74) is 3.73. The fraction of sp³-hybridized carbons (Fsp3) is 0.667. The third-order valence-electron chi connectivity index (χ3n) is 5.92. The molecule has 0 fully saturated rings. The van der Waals surface area contributed by atoms with Gasteiger partial charge >= 0.3 is 0 Å². The van der Waals surface area contributed by atoms with Gasteiger partial charge in [-0.2, -0.15) is 0 Å². The first kappa shape index (κ1) is 11.1. The predicted octanol–water partition coefficient (Wildman–Crippen LogP) is 5.04. The molecular formula is C18H24. The van der Waals surface area contributed by atoms with Gasteiger partial charge in [-0.15, -0.1) is 0 Å². The first-order chi connectivity index (χ1) is 8.93. The summed E-state index contributed by atoms with van der Waals surface area (Å²) in [4.78, 5) is 0. The molecule has 4 atom stereocenters. The van der Waals surface area contributed by atoms with Gasteiger partial charge in [0.1, 0.15) is 0 Å². The van der Waals surface area contributed by atoms with Crippen LogP contribution in [-0.4, -0.2) is 0 Å². The topological polar surface area (TPSA) is 0 Å². The molecule has 0 aliphatic heterocycles. The van der Waals surface area contributed by atoms with Crippen LogP contribution in [0, 0.1) is 23.7 Å². The zero-order chi connectivity index (χ0) is 11.9. The highest BCUT2D eigenvalue weighted by Gasteiger charge is 2.40. The summed E-state index contributed by atoms with van der Waals surface area (Å²) in [6.45, 7) is 0. The molecule has 0 bridgehead atoms. The molecule has 0 amide bonds. The average molecular weight is 240 g/mol. The second-order valence-electron chi connectivity index (χ2n) is 6.72. The molecule has 0 saturated carbocycles.